The molecule has 0 aromatic carbocycles. The van der Waals surface area contributed by atoms with Crippen LogP contribution in [-0.4, -0.2) is 32.5 Å². The second kappa shape index (κ2) is 3.91. The zero-order valence-corrected chi connectivity index (χ0v) is 6.38. The van der Waals surface area contributed by atoms with Crippen molar-refractivity contribution in [2.75, 3.05) is 26.4 Å². The van der Waals surface area contributed by atoms with Gasteiger partial charge in [0.05, 0.1) is 19.8 Å². The Morgan fingerprint density at radius 2 is 2.40 bits per heavy atom. The Labute approximate surface area is 61.5 Å². The van der Waals surface area contributed by atoms with Crippen LogP contribution < -0.4 is 5.73 Å². The summed E-state index contributed by atoms with van der Waals surface area (Å²) >= 11 is 0. The van der Waals surface area contributed by atoms with E-state index in [4.69, 9.17) is 15.2 Å². The molecule has 1 saturated heterocycles. The molecule has 60 valence electrons. The van der Waals surface area contributed by atoms with Crippen LogP contribution in [0.3, 0.4) is 0 Å². The molecule has 0 aliphatic carbocycles. The molecule has 2 N–H and O–H groups in total. The molecule has 1 fully saturated rings. The highest BCUT2D eigenvalue weighted by Gasteiger charge is 2.18. The van der Waals surface area contributed by atoms with E-state index in [-0.39, 0.29) is 0 Å². The highest BCUT2D eigenvalue weighted by molar-refractivity contribution is 4.65. The lowest BCUT2D eigenvalue weighted by molar-refractivity contribution is -0.134. The fourth-order valence-corrected chi connectivity index (χ4v) is 0.679. The van der Waals surface area contributed by atoms with Crippen molar-refractivity contribution in [1.82, 2.24) is 0 Å². The lowest BCUT2D eigenvalue weighted by Crippen LogP contribution is -2.37. The predicted octanol–water partition coefficient (Wildman–Crippen LogP) is -0.00340. The maximum Gasteiger partial charge on any atom is 0.104 e. The fourth-order valence-electron chi connectivity index (χ4n) is 0.679. The molecular weight excluding hydrogens is 130 g/mol. The quantitative estimate of drug-likeness (QED) is 0.605. The average molecular weight is 145 g/mol. The summed E-state index contributed by atoms with van der Waals surface area (Å²) in [5, 5.41) is 0. The summed E-state index contributed by atoms with van der Waals surface area (Å²) in [7, 11) is 0. The third-order valence-corrected chi connectivity index (χ3v) is 1.63. The summed E-state index contributed by atoms with van der Waals surface area (Å²) in [4.78, 5) is 0. The Morgan fingerprint density at radius 3 is 2.80 bits per heavy atom. The second-order valence-electron chi connectivity index (χ2n) is 2.83. The summed E-state index contributed by atoms with van der Waals surface area (Å²) in [5.74, 6) is 0.473. The van der Waals surface area contributed by atoms with E-state index in [2.05, 4.69) is 6.92 Å². The van der Waals surface area contributed by atoms with Crippen LogP contribution >= 0.6 is 0 Å². The molecule has 0 saturated carbocycles. The molecule has 10 heavy (non-hydrogen) atoms. The maximum absolute atomic E-state index is 5.43. The maximum atomic E-state index is 5.43. The van der Waals surface area contributed by atoms with Crippen LogP contribution in [-0.2, 0) is 9.47 Å². The molecule has 3 heteroatoms. The summed E-state index contributed by atoms with van der Waals surface area (Å²) in [6, 6.07) is 0. The van der Waals surface area contributed by atoms with Gasteiger partial charge in [0.1, 0.15) is 6.10 Å². The van der Waals surface area contributed by atoms with E-state index in [9.17, 15) is 0 Å². The average Bonchev–Trinajstić information content (AvgIpc) is 1.84. The van der Waals surface area contributed by atoms with E-state index in [1.807, 2.05) is 0 Å². The summed E-state index contributed by atoms with van der Waals surface area (Å²) in [5.41, 5.74) is 5.41. The smallest absolute Gasteiger partial charge is 0.104 e. The lowest BCUT2D eigenvalue weighted by Gasteiger charge is -2.27. The van der Waals surface area contributed by atoms with Gasteiger partial charge in [0.25, 0.3) is 0 Å². The van der Waals surface area contributed by atoms with Crippen molar-refractivity contribution in [2.45, 2.75) is 13.0 Å². The minimum Gasteiger partial charge on any atom is -0.376 e. The highest BCUT2D eigenvalue weighted by Crippen LogP contribution is 2.06. The molecule has 0 amide bonds. The number of hydrogen-bond acceptors (Lipinski definition) is 3. The number of ether oxygens (including phenoxy) is 2. The van der Waals surface area contributed by atoms with Gasteiger partial charge in [0.15, 0.2) is 0 Å². The molecule has 3 nitrogen and oxygen atoms in total. The van der Waals surface area contributed by atoms with Crippen LogP contribution in [0.4, 0.5) is 0 Å². The van der Waals surface area contributed by atoms with Crippen molar-refractivity contribution in [3.05, 3.63) is 0 Å². The molecule has 1 rings (SSSR count). The molecule has 1 aliphatic rings. The van der Waals surface area contributed by atoms with Gasteiger partial charge in [0, 0.05) is 0 Å². The topological polar surface area (TPSA) is 44.5 Å². The summed E-state index contributed by atoms with van der Waals surface area (Å²) < 4.78 is 10.4. The third-order valence-electron chi connectivity index (χ3n) is 1.63. The van der Waals surface area contributed by atoms with Gasteiger partial charge < -0.3 is 15.2 Å². The van der Waals surface area contributed by atoms with Gasteiger partial charge in [-0.15, -0.1) is 0 Å². The van der Waals surface area contributed by atoms with Crippen molar-refractivity contribution in [3.63, 3.8) is 0 Å². The molecule has 0 spiro atoms. The number of hydrogen-bond donors (Lipinski definition) is 1. The van der Waals surface area contributed by atoms with E-state index < -0.39 is 0 Å². The Bertz CT molecular complexity index is 88.9. The Hall–Kier alpha value is -0.120. The molecule has 0 aromatic rings. The molecular formula is C7H15NO2. The number of rotatable bonds is 4. The van der Waals surface area contributed by atoms with Crippen LogP contribution in [0.15, 0.2) is 0 Å². The van der Waals surface area contributed by atoms with Crippen LogP contribution in [0, 0.1) is 5.92 Å². The monoisotopic (exact) mass is 145 g/mol. The zero-order chi connectivity index (χ0) is 7.40. The molecule has 0 bridgehead atoms. The minimum atomic E-state index is 0.342. The largest absolute Gasteiger partial charge is 0.376 e. The fraction of sp³-hybridized carbons (Fsp3) is 1.00. The van der Waals surface area contributed by atoms with Gasteiger partial charge in [-0.05, 0) is 12.5 Å². The molecule has 0 radical (unpaired) electrons. The van der Waals surface area contributed by atoms with Gasteiger partial charge in [-0.3, -0.25) is 0 Å². The SMILES string of the molecule is C[C@H](CN)COC1COC1. The zero-order valence-electron chi connectivity index (χ0n) is 6.38. The Balaban J connectivity index is 1.93. The molecule has 0 aromatic heterocycles. The van der Waals surface area contributed by atoms with E-state index in [1.165, 1.54) is 0 Å². The number of nitrogens with two attached hydrogens (primary N) is 1. The first-order chi connectivity index (χ1) is 4.83. The third kappa shape index (κ3) is 2.25. The Morgan fingerprint density at radius 1 is 1.70 bits per heavy atom. The highest BCUT2D eigenvalue weighted by atomic mass is 16.6. The normalized spacial score (nSPS) is 22.2. The minimum absolute atomic E-state index is 0.342. The van der Waals surface area contributed by atoms with E-state index in [1.54, 1.807) is 0 Å². The molecule has 1 atom stereocenters. The molecule has 1 heterocycles. The van der Waals surface area contributed by atoms with Crippen molar-refractivity contribution in [3.8, 4) is 0 Å². The van der Waals surface area contributed by atoms with Crippen molar-refractivity contribution < 1.29 is 9.47 Å². The van der Waals surface area contributed by atoms with Crippen LogP contribution in [0.2, 0.25) is 0 Å². The first-order valence-electron chi connectivity index (χ1n) is 3.72. The van der Waals surface area contributed by atoms with Crippen molar-refractivity contribution in [1.29, 1.82) is 0 Å². The molecule has 1 aliphatic heterocycles. The van der Waals surface area contributed by atoms with E-state index >= 15 is 0 Å². The first kappa shape index (κ1) is 7.98. The first-order valence-corrected chi connectivity index (χ1v) is 3.72. The van der Waals surface area contributed by atoms with E-state index in [0.29, 0.717) is 18.6 Å². The van der Waals surface area contributed by atoms with Crippen LogP contribution in [0.1, 0.15) is 6.92 Å². The van der Waals surface area contributed by atoms with Gasteiger partial charge in [-0.1, -0.05) is 6.92 Å². The second-order valence-corrected chi connectivity index (χ2v) is 2.83. The summed E-state index contributed by atoms with van der Waals surface area (Å²) in [6.07, 6.45) is 0.342. The van der Waals surface area contributed by atoms with E-state index in [0.717, 1.165) is 19.8 Å². The Kier molecular flexibility index (Phi) is 3.12. The lowest BCUT2D eigenvalue weighted by atomic mass is 10.2. The van der Waals surface area contributed by atoms with Crippen LogP contribution in [0.5, 0.6) is 0 Å². The van der Waals surface area contributed by atoms with Gasteiger partial charge in [-0.25, -0.2) is 0 Å². The van der Waals surface area contributed by atoms with Gasteiger partial charge in [-0.2, -0.15) is 0 Å². The van der Waals surface area contributed by atoms with Gasteiger partial charge in [0.2, 0.25) is 0 Å². The molecule has 0 unspecified atom stereocenters. The summed E-state index contributed by atoms with van der Waals surface area (Å²) in [6.45, 7) is 5.08. The van der Waals surface area contributed by atoms with Crippen molar-refractivity contribution in [2.24, 2.45) is 11.7 Å². The van der Waals surface area contributed by atoms with Gasteiger partial charge >= 0.3 is 0 Å². The predicted molar refractivity (Wildman–Crippen MR) is 38.8 cm³/mol. The van der Waals surface area contributed by atoms with Crippen LogP contribution in [0.25, 0.3) is 0 Å². The standard InChI is InChI=1S/C7H15NO2/c1-6(2-8)3-10-7-4-9-5-7/h6-7H,2-5,8H2,1H3/t6-/m1/s1. The van der Waals surface area contributed by atoms with Crippen molar-refractivity contribution >= 4 is 0 Å².